The molecule has 2 bridgehead atoms. The van der Waals surface area contributed by atoms with E-state index >= 15 is 0 Å². The van der Waals surface area contributed by atoms with E-state index < -0.39 is 17.8 Å². The van der Waals surface area contributed by atoms with E-state index in [-0.39, 0.29) is 18.1 Å². The number of carboxylic acids is 1. The highest BCUT2D eigenvalue weighted by molar-refractivity contribution is 5.86. The molecule has 1 aromatic heterocycles. The van der Waals surface area contributed by atoms with Crippen LogP contribution in [-0.2, 0) is 14.3 Å². The molecule has 7 heteroatoms. The predicted molar refractivity (Wildman–Crippen MR) is 85.5 cm³/mol. The molecule has 4 rings (SSSR count). The van der Waals surface area contributed by atoms with Gasteiger partial charge in [0.2, 0.25) is 5.91 Å². The highest BCUT2D eigenvalue weighted by Crippen LogP contribution is 2.44. The molecule has 0 saturated carbocycles. The molecule has 3 saturated heterocycles. The van der Waals surface area contributed by atoms with E-state index in [0.29, 0.717) is 26.2 Å². The van der Waals surface area contributed by atoms with Crippen molar-refractivity contribution in [3.8, 4) is 0 Å². The zero-order chi connectivity index (χ0) is 16.7. The summed E-state index contributed by atoms with van der Waals surface area (Å²) in [6, 6.07) is 5.79. The minimum absolute atomic E-state index is 0.0599. The number of fused-ring (bicyclic) bond motifs is 2. The second-order valence-corrected chi connectivity index (χ2v) is 6.68. The van der Waals surface area contributed by atoms with Gasteiger partial charge < -0.3 is 19.6 Å². The fraction of sp³-hybridized carbons (Fsp3) is 0.588. The van der Waals surface area contributed by atoms with Gasteiger partial charge in [0, 0.05) is 32.4 Å². The van der Waals surface area contributed by atoms with Crippen molar-refractivity contribution >= 4 is 17.7 Å². The van der Waals surface area contributed by atoms with Gasteiger partial charge in [-0.3, -0.25) is 9.59 Å². The van der Waals surface area contributed by atoms with E-state index in [1.54, 1.807) is 11.1 Å². The summed E-state index contributed by atoms with van der Waals surface area (Å²) in [7, 11) is 0. The van der Waals surface area contributed by atoms with Gasteiger partial charge >= 0.3 is 5.97 Å². The standard InChI is InChI=1S/C17H21N3O4/c21-16(14-11-4-5-12(24-11)15(14)17(22)23)20-9-7-19(8-10-20)13-3-1-2-6-18-13/h1-3,6,11-12,14-15H,4-5,7-10H2,(H,22,23)/t11-,12-,14-,15-/m0/s1. The first-order valence-electron chi connectivity index (χ1n) is 8.48. The van der Waals surface area contributed by atoms with Crippen LogP contribution in [0.2, 0.25) is 0 Å². The second kappa shape index (κ2) is 6.05. The van der Waals surface area contributed by atoms with Crippen molar-refractivity contribution in [1.29, 1.82) is 0 Å². The highest BCUT2D eigenvalue weighted by Gasteiger charge is 2.56. The highest BCUT2D eigenvalue weighted by atomic mass is 16.5. The van der Waals surface area contributed by atoms with Crippen LogP contribution < -0.4 is 4.90 Å². The monoisotopic (exact) mass is 331 g/mol. The third-order valence-electron chi connectivity index (χ3n) is 5.41. The van der Waals surface area contributed by atoms with E-state index in [1.165, 1.54) is 0 Å². The minimum Gasteiger partial charge on any atom is -0.481 e. The number of ether oxygens (including phenoxy) is 1. The van der Waals surface area contributed by atoms with Crippen LogP contribution >= 0.6 is 0 Å². The van der Waals surface area contributed by atoms with Gasteiger partial charge in [0.05, 0.1) is 24.0 Å². The zero-order valence-corrected chi connectivity index (χ0v) is 13.4. The molecular formula is C17H21N3O4. The third kappa shape index (κ3) is 2.53. The summed E-state index contributed by atoms with van der Waals surface area (Å²) in [5, 5.41) is 9.48. The molecule has 1 N–H and O–H groups in total. The molecule has 3 fully saturated rings. The predicted octanol–water partition coefficient (Wildman–Crippen LogP) is 0.608. The molecule has 24 heavy (non-hydrogen) atoms. The Labute approximate surface area is 140 Å². The Bertz CT molecular complexity index is 630. The van der Waals surface area contributed by atoms with Crippen molar-refractivity contribution in [1.82, 2.24) is 9.88 Å². The summed E-state index contributed by atoms with van der Waals surface area (Å²) in [4.78, 5) is 32.7. The molecule has 3 aliphatic heterocycles. The van der Waals surface area contributed by atoms with Crippen molar-refractivity contribution in [3.63, 3.8) is 0 Å². The maximum atomic E-state index is 12.9. The largest absolute Gasteiger partial charge is 0.481 e. The number of nitrogens with zero attached hydrogens (tertiary/aromatic N) is 3. The number of amides is 1. The molecule has 4 atom stereocenters. The molecule has 1 amide bonds. The number of hydrogen-bond donors (Lipinski definition) is 1. The molecule has 0 radical (unpaired) electrons. The van der Waals surface area contributed by atoms with Crippen molar-refractivity contribution in [2.45, 2.75) is 25.0 Å². The molecule has 0 unspecified atom stereocenters. The van der Waals surface area contributed by atoms with Crippen molar-refractivity contribution in [2.24, 2.45) is 11.8 Å². The number of hydrogen-bond acceptors (Lipinski definition) is 5. The lowest BCUT2D eigenvalue weighted by Crippen LogP contribution is -2.53. The SMILES string of the molecule is O=C(O)[C@@H]1[C@@H](C(=O)N2CCN(c3ccccn3)CC2)[C@@H]2CC[C@@H]1O2. The van der Waals surface area contributed by atoms with E-state index in [1.807, 2.05) is 18.2 Å². The smallest absolute Gasteiger partial charge is 0.310 e. The molecule has 7 nitrogen and oxygen atoms in total. The number of carboxylic acid groups (broad SMARTS) is 1. The summed E-state index contributed by atoms with van der Waals surface area (Å²) >= 11 is 0. The minimum atomic E-state index is -0.910. The lowest BCUT2D eigenvalue weighted by atomic mass is 9.78. The van der Waals surface area contributed by atoms with Crippen LogP contribution in [0.4, 0.5) is 5.82 Å². The number of aromatic nitrogens is 1. The van der Waals surface area contributed by atoms with Gasteiger partial charge in [-0.15, -0.1) is 0 Å². The van der Waals surface area contributed by atoms with Gasteiger partial charge in [0.25, 0.3) is 0 Å². The molecule has 0 aromatic carbocycles. The summed E-state index contributed by atoms with van der Waals surface area (Å²) in [5.41, 5.74) is 0. The summed E-state index contributed by atoms with van der Waals surface area (Å²) in [5.74, 6) is -1.27. The fourth-order valence-corrected chi connectivity index (χ4v) is 4.21. The van der Waals surface area contributed by atoms with Crippen LogP contribution in [0.1, 0.15) is 12.8 Å². The van der Waals surface area contributed by atoms with Crippen LogP contribution in [-0.4, -0.2) is 65.3 Å². The summed E-state index contributed by atoms with van der Waals surface area (Å²) in [6.45, 7) is 2.61. The van der Waals surface area contributed by atoms with Crippen LogP contribution in [0.15, 0.2) is 24.4 Å². The first-order chi connectivity index (χ1) is 11.6. The Morgan fingerprint density at radius 2 is 1.79 bits per heavy atom. The number of piperazine rings is 1. The second-order valence-electron chi connectivity index (χ2n) is 6.68. The molecule has 0 aliphatic carbocycles. The molecule has 1 aromatic rings. The quantitative estimate of drug-likeness (QED) is 0.874. The Hall–Kier alpha value is -2.15. The average Bonchev–Trinajstić information content (AvgIpc) is 3.23. The molecular weight excluding hydrogens is 310 g/mol. The van der Waals surface area contributed by atoms with Crippen LogP contribution in [0.3, 0.4) is 0 Å². The Kier molecular flexibility index (Phi) is 3.88. The van der Waals surface area contributed by atoms with E-state index in [9.17, 15) is 14.7 Å². The molecule has 4 heterocycles. The lowest BCUT2D eigenvalue weighted by Gasteiger charge is -2.38. The van der Waals surface area contributed by atoms with Crippen LogP contribution in [0.25, 0.3) is 0 Å². The van der Waals surface area contributed by atoms with E-state index in [2.05, 4.69) is 9.88 Å². The molecule has 128 valence electrons. The first-order valence-corrected chi connectivity index (χ1v) is 8.48. The van der Waals surface area contributed by atoms with Gasteiger partial charge in [-0.25, -0.2) is 4.98 Å². The zero-order valence-electron chi connectivity index (χ0n) is 13.4. The Balaban J connectivity index is 1.42. The summed E-state index contributed by atoms with van der Waals surface area (Å²) in [6.07, 6.45) is 2.78. The van der Waals surface area contributed by atoms with Crippen molar-refractivity contribution in [2.75, 3.05) is 31.1 Å². The maximum Gasteiger partial charge on any atom is 0.310 e. The van der Waals surface area contributed by atoms with Crippen molar-refractivity contribution < 1.29 is 19.4 Å². The molecule has 0 spiro atoms. The number of anilines is 1. The van der Waals surface area contributed by atoms with Gasteiger partial charge in [-0.2, -0.15) is 0 Å². The number of pyridine rings is 1. The Morgan fingerprint density at radius 3 is 2.42 bits per heavy atom. The van der Waals surface area contributed by atoms with Gasteiger partial charge in [-0.1, -0.05) is 6.07 Å². The number of rotatable bonds is 3. The summed E-state index contributed by atoms with van der Waals surface area (Å²) < 4.78 is 5.71. The topological polar surface area (TPSA) is 83.0 Å². The average molecular weight is 331 g/mol. The number of carbonyl (C=O) groups is 2. The van der Waals surface area contributed by atoms with Crippen molar-refractivity contribution in [3.05, 3.63) is 24.4 Å². The lowest BCUT2D eigenvalue weighted by molar-refractivity contribution is -0.151. The van der Waals surface area contributed by atoms with Gasteiger partial charge in [-0.05, 0) is 25.0 Å². The van der Waals surface area contributed by atoms with Crippen LogP contribution in [0, 0.1) is 11.8 Å². The molecule has 3 aliphatic rings. The maximum absolute atomic E-state index is 12.9. The number of aliphatic carboxylic acids is 1. The van der Waals surface area contributed by atoms with E-state index in [4.69, 9.17) is 4.74 Å². The Morgan fingerprint density at radius 1 is 1.08 bits per heavy atom. The van der Waals surface area contributed by atoms with Gasteiger partial charge in [0.1, 0.15) is 5.82 Å². The third-order valence-corrected chi connectivity index (χ3v) is 5.41. The normalized spacial score (nSPS) is 32.2. The number of carbonyl (C=O) groups excluding carboxylic acids is 1. The van der Waals surface area contributed by atoms with E-state index in [0.717, 1.165) is 18.7 Å². The van der Waals surface area contributed by atoms with Crippen LogP contribution in [0.5, 0.6) is 0 Å². The first kappa shape index (κ1) is 15.4. The fourth-order valence-electron chi connectivity index (χ4n) is 4.21. The van der Waals surface area contributed by atoms with Gasteiger partial charge in [0.15, 0.2) is 0 Å².